The van der Waals surface area contributed by atoms with Gasteiger partial charge in [0, 0.05) is 0 Å². The first-order chi connectivity index (χ1) is 11.4. The Morgan fingerprint density at radius 3 is 1.00 bits per heavy atom. The standard InChI is InChI=1S/C10H26GeN2Si.C10H24N2Si.2Li/c1-9(2,3)12-11-13(10(4,5)6)14(12,7)8;1-9(2,3)11-13(7,8)12-10(4,5)6;;/h11H2,1-8H3;1-8H3;;/q;-2;2*+1. The summed E-state index contributed by atoms with van der Waals surface area (Å²) >= 11 is -0.605. The predicted molar refractivity (Wildman–Crippen MR) is 133 cm³/mol. The fraction of sp³-hybridized carbons (Fsp3) is 1.00. The summed E-state index contributed by atoms with van der Waals surface area (Å²) in [6.45, 7) is 36.4. The Hall–Kier alpha value is 2.01. The molecular weight excluding hydrogens is 439 g/mol. The number of hydrogen-bond donors (Lipinski definition) is 0. The maximum absolute atomic E-state index is 4.80. The van der Waals surface area contributed by atoms with Gasteiger partial charge in [0.05, 0.1) is 0 Å². The third-order valence-corrected chi connectivity index (χ3v) is 27.2. The Balaban J connectivity index is -0.000000438. The van der Waals surface area contributed by atoms with Crippen LogP contribution in [0.5, 0.6) is 0 Å². The van der Waals surface area contributed by atoms with E-state index in [0.717, 1.165) is 0 Å². The summed E-state index contributed by atoms with van der Waals surface area (Å²) in [6, 6.07) is 0. The molecule has 0 spiro atoms. The van der Waals surface area contributed by atoms with Crippen LogP contribution in [0.25, 0.3) is 9.96 Å². The second kappa shape index (κ2) is 11.4. The van der Waals surface area contributed by atoms with Crippen molar-refractivity contribution >= 4 is 32.7 Å². The first-order valence-electron chi connectivity index (χ1n) is 10.4. The van der Waals surface area contributed by atoms with Gasteiger partial charge < -0.3 is 9.96 Å². The van der Waals surface area contributed by atoms with Gasteiger partial charge in [0.2, 0.25) is 0 Å². The van der Waals surface area contributed by atoms with Crippen LogP contribution in [-0.4, -0.2) is 61.9 Å². The SMILES string of the molecule is CC(C)(C)[N-][Si](C)(C)[N-]C(C)(C)C.CC(C)(C)[N]1[GeH2][N](C(C)(C)C)[Si]1(C)C.[Li+].[Li+]. The van der Waals surface area contributed by atoms with Crippen molar-refractivity contribution in [2.75, 3.05) is 0 Å². The van der Waals surface area contributed by atoms with Gasteiger partial charge in [-0.1, -0.05) is 41.5 Å². The van der Waals surface area contributed by atoms with Crippen LogP contribution in [0.1, 0.15) is 83.1 Å². The molecule has 0 atom stereocenters. The van der Waals surface area contributed by atoms with Crippen LogP contribution in [0, 0.1) is 0 Å². The second-order valence-corrected chi connectivity index (χ2v) is 26.3. The Bertz CT molecular complexity index is 451. The Kier molecular flexibility index (Phi) is 14.0. The minimum absolute atomic E-state index is 0. The maximum atomic E-state index is 4.80. The molecule has 0 aliphatic carbocycles. The van der Waals surface area contributed by atoms with E-state index in [-0.39, 0.29) is 48.8 Å². The Morgan fingerprint density at radius 2 is 0.862 bits per heavy atom. The fourth-order valence-electron chi connectivity index (χ4n) is 4.29. The van der Waals surface area contributed by atoms with Gasteiger partial charge in [0.1, 0.15) is 0 Å². The van der Waals surface area contributed by atoms with Crippen molar-refractivity contribution in [3.63, 3.8) is 0 Å². The minimum atomic E-state index is -1.72. The zero-order valence-electron chi connectivity index (χ0n) is 23.5. The summed E-state index contributed by atoms with van der Waals surface area (Å²) in [5.41, 5.74) is 0.921. The van der Waals surface area contributed by atoms with E-state index in [0.29, 0.717) is 11.1 Å². The van der Waals surface area contributed by atoms with Gasteiger partial charge in [-0.05, 0) is 0 Å². The van der Waals surface area contributed by atoms with Gasteiger partial charge in [-0.3, -0.25) is 0 Å². The largest absolute Gasteiger partial charge is 1.00 e. The number of nitrogens with zero attached hydrogens (tertiary/aromatic N) is 4. The zero-order valence-corrected chi connectivity index (χ0v) is 28.5. The Morgan fingerprint density at radius 1 is 0.621 bits per heavy atom. The number of rotatable bonds is 2. The average molecular weight is 489 g/mol. The van der Waals surface area contributed by atoms with Crippen molar-refractivity contribution in [2.45, 2.75) is 131 Å². The third-order valence-electron chi connectivity index (χ3n) is 4.44. The monoisotopic (exact) mass is 490 g/mol. The van der Waals surface area contributed by atoms with Gasteiger partial charge in [-0.2, -0.15) is 8.40 Å². The summed E-state index contributed by atoms with van der Waals surface area (Å²) in [6.07, 6.45) is 0. The summed E-state index contributed by atoms with van der Waals surface area (Å²) in [5.74, 6) is 0. The third kappa shape index (κ3) is 13.3. The summed E-state index contributed by atoms with van der Waals surface area (Å²) < 4.78 is 5.75. The molecule has 0 aromatic carbocycles. The van der Waals surface area contributed by atoms with Crippen LogP contribution >= 0.6 is 0 Å². The van der Waals surface area contributed by atoms with E-state index in [1.807, 2.05) is 0 Å². The summed E-state index contributed by atoms with van der Waals surface area (Å²) in [7, 11) is -2.95. The molecule has 1 fully saturated rings. The van der Waals surface area contributed by atoms with Crippen molar-refractivity contribution in [3.8, 4) is 0 Å². The average Bonchev–Trinajstić information content (AvgIpc) is 2.15. The van der Waals surface area contributed by atoms with Crippen molar-refractivity contribution in [3.05, 3.63) is 9.96 Å². The molecule has 9 heteroatoms. The molecule has 0 N–H and O–H groups in total. The molecule has 1 aliphatic rings. The van der Waals surface area contributed by atoms with Crippen LogP contribution < -0.4 is 37.7 Å². The smallest absolute Gasteiger partial charge is 1.00 e. The molecule has 4 nitrogen and oxygen atoms in total. The first kappa shape index (κ1) is 35.6. The maximum Gasteiger partial charge on any atom is 1.00 e. The molecule has 1 saturated heterocycles. The molecule has 1 rings (SSSR count). The van der Waals surface area contributed by atoms with E-state index in [9.17, 15) is 0 Å². The van der Waals surface area contributed by atoms with E-state index in [2.05, 4.69) is 116 Å². The molecule has 0 aromatic rings. The molecule has 0 saturated carbocycles. The normalized spacial score (nSPS) is 18.6. The van der Waals surface area contributed by atoms with Crippen LogP contribution in [0.2, 0.25) is 26.2 Å². The van der Waals surface area contributed by atoms with Crippen LogP contribution in [-0.2, 0) is 0 Å². The van der Waals surface area contributed by atoms with Crippen molar-refractivity contribution in [1.29, 1.82) is 0 Å². The Labute approximate surface area is 217 Å². The molecule has 0 radical (unpaired) electrons. The number of hydrogen-bond acceptors (Lipinski definition) is 2. The molecule has 0 aromatic heterocycles. The molecule has 1 aliphatic heterocycles. The van der Waals surface area contributed by atoms with E-state index >= 15 is 0 Å². The molecule has 0 unspecified atom stereocenters. The van der Waals surface area contributed by atoms with E-state index in [1.54, 1.807) is 0 Å². The van der Waals surface area contributed by atoms with Gasteiger partial charge >= 0.3 is 135 Å². The summed E-state index contributed by atoms with van der Waals surface area (Å²) in [4.78, 5) is 9.60. The van der Waals surface area contributed by atoms with Crippen molar-refractivity contribution in [2.24, 2.45) is 0 Å². The molecular formula is C20H50GeLi2N4Si2. The van der Waals surface area contributed by atoms with E-state index < -0.39 is 32.7 Å². The molecule has 1 heterocycles. The zero-order chi connectivity index (χ0) is 22.3. The van der Waals surface area contributed by atoms with Gasteiger partial charge in [0.15, 0.2) is 0 Å². The minimum Gasteiger partial charge on any atom is 1.00 e. The van der Waals surface area contributed by atoms with Crippen molar-refractivity contribution in [1.82, 2.24) is 7.05 Å². The fourth-order valence-corrected chi connectivity index (χ4v) is 20.1. The molecule has 0 bridgehead atoms. The molecule has 164 valence electrons. The van der Waals surface area contributed by atoms with Crippen LogP contribution in [0.4, 0.5) is 0 Å². The van der Waals surface area contributed by atoms with Crippen LogP contribution in [0.3, 0.4) is 0 Å². The molecule has 0 amide bonds. The van der Waals surface area contributed by atoms with Gasteiger partial charge in [-0.15, -0.1) is 24.2 Å². The summed E-state index contributed by atoms with van der Waals surface area (Å²) in [5, 5.41) is 0. The molecule has 29 heavy (non-hydrogen) atoms. The van der Waals surface area contributed by atoms with Crippen molar-refractivity contribution < 1.29 is 37.7 Å². The second-order valence-electron chi connectivity index (χ2n) is 12.9. The van der Waals surface area contributed by atoms with Gasteiger partial charge in [0.25, 0.3) is 0 Å². The topological polar surface area (TPSA) is 34.7 Å². The predicted octanol–water partition coefficient (Wildman–Crippen LogP) is -0.0578. The van der Waals surface area contributed by atoms with Gasteiger partial charge in [-0.25, -0.2) is 0 Å². The van der Waals surface area contributed by atoms with E-state index in [1.165, 1.54) is 0 Å². The van der Waals surface area contributed by atoms with Crippen LogP contribution in [0.15, 0.2) is 0 Å². The first-order valence-corrected chi connectivity index (χ1v) is 18.9. The quantitative estimate of drug-likeness (QED) is 0.510. The van der Waals surface area contributed by atoms with E-state index in [4.69, 9.17) is 9.96 Å².